The first-order valence-electron chi connectivity index (χ1n) is 6.80. The molecule has 3 rings (SSSR count). The van der Waals surface area contributed by atoms with E-state index in [1.165, 1.54) is 11.3 Å². The fourth-order valence-electron chi connectivity index (χ4n) is 1.84. The van der Waals surface area contributed by atoms with E-state index in [9.17, 15) is 8.42 Å². The largest absolute Gasteiger partial charge is 0.262 e. The fraction of sp³-hybridized carbons (Fsp3) is 0.0667. The van der Waals surface area contributed by atoms with Gasteiger partial charge < -0.3 is 0 Å². The molecule has 6 nitrogen and oxygen atoms in total. The van der Waals surface area contributed by atoms with Crippen molar-refractivity contribution >= 4 is 27.4 Å². The summed E-state index contributed by atoms with van der Waals surface area (Å²) in [5, 5.41) is 9.88. The van der Waals surface area contributed by atoms with Crippen molar-refractivity contribution in [3.8, 4) is 10.7 Å². The number of sulfonamides is 1. The lowest BCUT2D eigenvalue weighted by atomic mass is 10.2. The molecule has 0 radical (unpaired) electrons. The molecule has 0 aliphatic carbocycles. The number of nitrogens with zero attached hydrogens (tertiary/aromatic N) is 2. The predicted molar refractivity (Wildman–Crippen MR) is 90.9 cm³/mol. The van der Waals surface area contributed by atoms with Gasteiger partial charge >= 0.3 is 0 Å². The van der Waals surface area contributed by atoms with Crippen LogP contribution in [-0.2, 0) is 16.6 Å². The van der Waals surface area contributed by atoms with Crippen molar-refractivity contribution in [2.45, 2.75) is 6.54 Å². The molecule has 0 aliphatic heterocycles. The van der Waals surface area contributed by atoms with Crippen molar-refractivity contribution in [1.29, 1.82) is 0 Å². The third kappa shape index (κ3) is 4.35. The van der Waals surface area contributed by atoms with Gasteiger partial charge in [-0.2, -0.15) is 5.10 Å². The summed E-state index contributed by atoms with van der Waals surface area (Å²) in [6.07, 6.45) is 1.54. The summed E-state index contributed by atoms with van der Waals surface area (Å²) >= 11 is 1.52. The third-order valence-corrected chi connectivity index (χ3v) is 4.86. The Balaban J connectivity index is 1.62. The first kappa shape index (κ1) is 15.6. The number of benzene rings is 1. The van der Waals surface area contributed by atoms with Gasteiger partial charge in [0.15, 0.2) is 5.82 Å². The summed E-state index contributed by atoms with van der Waals surface area (Å²) in [5.74, 6) is 1.03. The molecule has 8 heteroatoms. The predicted octanol–water partition coefficient (Wildman–Crippen LogP) is 2.62. The topological polar surface area (TPSA) is 87.7 Å². The van der Waals surface area contributed by atoms with Crippen LogP contribution in [0.4, 0.5) is 0 Å². The van der Waals surface area contributed by atoms with Crippen LogP contribution in [-0.4, -0.2) is 23.6 Å². The molecular formula is C15H14N4O2S2. The molecule has 0 amide bonds. The van der Waals surface area contributed by atoms with Crippen LogP contribution in [0.15, 0.2) is 53.3 Å². The number of aromatic nitrogens is 3. The molecule has 2 N–H and O–H groups in total. The number of hydrogen-bond donors (Lipinski definition) is 2. The van der Waals surface area contributed by atoms with Gasteiger partial charge in [-0.3, -0.25) is 5.10 Å². The summed E-state index contributed by atoms with van der Waals surface area (Å²) < 4.78 is 26.4. The quantitative estimate of drug-likeness (QED) is 0.718. The number of nitrogens with one attached hydrogen (secondary N) is 2. The third-order valence-electron chi connectivity index (χ3n) is 2.95. The van der Waals surface area contributed by atoms with Crippen LogP contribution in [0.1, 0.15) is 11.4 Å². The highest BCUT2D eigenvalue weighted by atomic mass is 32.2. The van der Waals surface area contributed by atoms with E-state index in [1.54, 1.807) is 6.08 Å². The minimum Gasteiger partial charge on any atom is -0.262 e. The number of rotatable bonds is 6. The van der Waals surface area contributed by atoms with Gasteiger partial charge in [-0.25, -0.2) is 18.1 Å². The van der Waals surface area contributed by atoms with Gasteiger partial charge in [0.2, 0.25) is 10.0 Å². The maximum Gasteiger partial charge on any atom is 0.234 e. The summed E-state index contributed by atoms with van der Waals surface area (Å²) in [5.41, 5.74) is 0.817. The van der Waals surface area contributed by atoms with Crippen LogP contribution in [0.2, 0.25) is 0 Å². The van der Waals surface area contributed by atoms with Gasteiger partial charge in [-0.1, -0.05) is 36.4 Å². The van der Waals surface area contributed by atoms with E-state index >= 15 is 0 Å². The first-order valence-corrected chi connectivity index (χ1v) is 9.23. The molecule has 0 aliphatic rings. The minimum atomic E-state index is -3.54. The van der Waals surface area contributed by atoms with E-state index in [-0.39, 0.29) is 6.54 Å². The lowest BCUT2D eigenvalue weighted by Crippen LogP contribution is -2.21. The molecule has 2 heterocycles. The summed E-state index contributed by atoms with van der Waals surface area (Å²) in [4.78, 5) is 5.20. The summed E-state index contributed by atoms with van der Waals surface area (Å²) in [6.45, 7) is 0.0554. The van der Waals surface area contributed by atoms with Crippen molar-refractivity contribution in [3.63, 3.8) is 0 Å². The Bertz CT molecular complexity index is 885. The van der Waals surface area contributed by atoms with E-state index in [4.69, 9.17) is 0 Å². The number of thiophene rings is 1. The normalized spacial score (nSPS) is 12.0. The second-order valence-corrected chi connectivity index (χ2v) is 7.26. The maximum atomic E-state index is 12.0. The Morgan fingerprint density at radius 3 is 2.74 bits per heavy atom. The van der Waals surface area contributed by atoms with E-state index in [0.717, 1.165) is 15.8 Å². The molecule has 0 atom stereocenters. The summed E-state index contributed by atoms with van der Waals surface area (Å²) in [7, 11) is -3.54. The Labute approximate surface area is 138 Å². The molecule has 23 heavy (non-hydrogen) atoms. The van der Waals surface area contributed by atoms with Crippen LogP contribution >= 0.6 is 11.3 Å². The molecule has 1 aromatic carbocycles. The molecule has 2 aromatic heterocycles. The number of H-pyrrole nitrogens is 1. The SMILES string of the molecule is O=S(=O)(C=Cc1ccccc1)NCc1nc(-c2cccs2)n[nH]1. The first-order chi connectivity index (χ1) is 11.1. The van der Waals surface area contributed by atoms with Crippen LogP contribution in [0, 0.1) is 0 Å². The smallest absolute Gasteiger partial charge is 0.234 e. The standard InChI is InChI=1S/C15H14N4O2S2/c20-23(21,10-8-12-5-2-1-3-6-12)16-11-14-17-15(19-18-14)13-7-4-9-22-13/h1-10,16H,11H2,(H,17,18,19). The molecule has 0 fully saturated rings. The van der Waals surface area contributed by atoms with Gasteiger partial charge in [-0.05, 0) is 23.1 Å². The molecule has 3 aromatic rings. The lowest BCUT2D eigenvalue weighted by Gasteiger charge is -1.99. The molecule has 0 saturated carbocycles. The van der Waals surface area contributed by atoms with Crippen LogP contribution in [0.5, 0.6) is 0 Å². The average molecular weight is 346 g/mol. The van der Waals surface area contributed by atoms with E-state index in [2.05, 4.69) is 19.9 Å². The van der Waals surface area contributed by atoms with Crippen molar-refractivity contribution in [2.24, 2.45) is 0 Å². The molecule has 0 bridgehead atoms. The monoisotopic (exact) mass is 346 g/mol. The molecular weight excluding hydrogens is 332 g/mol. The number of aromatic amines is 1. The van der Waals surface area contributed by atoms with E-state index < -0.39 is 10.0 Å². The minimum absolute atomic E-state index is 0.0554. The van der Waals surface area contributed by atoms with Crippen LogP contribution in [0.3, 0.4) is 0 Å². The van der Waals surface area contributed by atoms with Crippen LogP contribution < -0.4 is 4.72 Å². The Hall–Kier alpha value is -2.29. The highest BCUT2D eigenvalue weighted by molar-refractivity contribution is 7.92. The molecule has 118 valence electrons. The zero-order valence-electron chi connectivity index (χ0n) is 12.0. The Kier molecular flexibility index (Phi) is 4.65. The molecule has 0 unspecified atom stereocenters. The van der Waals surface area contributed by atoms with Gasteiger partial charge in [0.1, 0.15) is 5.82 Å². The number of hydrogen-bond acceptors (Lipinski definition) is 5. The van der Waals surface area contributed by atoms with Crippen molar-refractivity contribution < 1.29 is 8.42 Å². The maximum absolute atomic E-state index is 12.0. The van der Waals surface area contributed by atoms with E-state index in [1.807, 2.05) is 47.8 Å². The lowest BCUT2D eigenvalue weighted by molar-refractivity contribution is 0.589. The van der Waals surface area contributed by atoms with Gasteiger partial charge in [0.05, 0.1) is 11.4 Å². The molecule has 0 saturated heterocycles. The van der Waals surface area contributed by atoms with E-state index in [0.29, 0.717) is 11.6 Å². The summed E-state index contributed by atoms with van der Waals surface area (Å²) in [6, 6.07) is 13.0. The molecule has 0 spiro atoms. The highest BCUT2D eigenvalue weighted by Crippen LogP contribution is 2.20. The van der Waals surface area contributed by atoms with Crippen molar-refractivity contribution in [1.82, 2.24) is 19.9 Å². The fourth-order valence-corrected chi connectivity index (χ4v) is 3.27. The van der Waals surface area contributed by atoms with Gasteiger partial charge in [0, 0.05) is 5.41 Å². The van der Waals surface area contributed by atoms with Crippen molar-refractivity contribution in [3.05, 3.63) is 64.6 Å². The van der Waals surface area contributed by atoms with Gasteiger partial charge in [0.25, 0.3) is 0 Å². The zero-order chi connectivity index (χ0) is 16.1. The average Bonchev–Trinajstić information content (AvgIpc) is 3.23. The zero-order valence-corrected chi connectivity index (χ0v) is 13.6. The highest BCUT2D eigenvalue weighted by Gasteiger charge is 2.10. The van der Waals surface area contributed by atoms with Gasteiger partial charge in [-0.15, -0.1) is 11.3 Å². The Morgan fingerprint density at radius 1 is 1.17 bits per heavy atom. The second kappa shape index (κ2) is 6.86. The Morgan fingerprint density at radius 2 is 2.00 bits per heavy atom. The second-order valence-electron chi connectivity index (χ2n) is 4.66. The van der Waals surface area contributed by atoms with Crippen LogP contribution in [0.25, 0.3) is 16.8 Å². The van der Waals surface area contributed by atoms with Crippen molar-refractivity contribution in [2.75, 3.05) is 0 Å².